The van der Waals surface area contributed by atoms with E-state index in [4.69, 9.17) is 16.3 Å². The summed E-state index contributed by atoms with van der Waals surface area (Å²) in [4.78, 5) is 45.0. The monoisotopic (exact) mass is 539 g/mol. The molecule has 3 aliphatic rings. The predicted octanol–water partition coefficient (Wildman–Crippen LogP) is 3.62. The molecule has 38 heavy (non-hydrogen) atoms. The average molecular weight is 540 g/mol. The number of benzene rings is 2. The number of halogens is 1. The SMILES string of the molecule is Cc1ccc(NC(=O)N2CCC3(CC2)C(=O)N(CC(=O)NCC2CCCO2)CN3c2ccccc2)cc1Cl. The Labute approximate surface area is 228 Å². The highest BCUT2D eigenvalue weighted by Crippen LogP contribution is 2.39. The molecule has 5 rings (SSSR count). The van der Waals surface area contributed by atoms with Crippen molar-refractivity contribution < 1.29 is 19.1 Å². The van der Waals surface area contributed by atoms with Gasteiger partial charge in [-0.25, -0.2) is 4.79 Å². The van der Waals surface area contributed by atoms with Crippen LogP contribution in [0.2, 0.25) is 5.02 Å². The second-order valence-electron chi connectivity index (χ2n) is 10.3. The Balaban J connectivity index is 1.26. The number of amides is 4. The molecule has 0 saturated carbocycles. The van der Waals surface area contributed by atoms with Crippen molar-refractivity contribution in [3.63, 3.8) is 0 Å². The van der Waals surface area contributed by atoms with Crippen LogP contribution < -0.4 is 15.5 Å². The van der Waals surface area contributed by atoms with Crippen LogP contribution in [0.25, 0.3) is 0 Å². The van der Waals surface area contributed by atoms with E-state index < -0.39 is 5.54 Å². The van der Waals surface area contributed by atoms with E-state index in [1.807, 2.05) is 49.4 Å². The molecule has 3 saturated heterocycles. The van der Waals surface area contributed by atoms with Gasteiger partial charge in [-0.05, 0) is 62.4 Å². The summed E-state index contributed by atoms with van der Waals surface area (Å²) < 4.78 is 5.59. The van der Waals surface area contributed by atoms with Gasteiger partial charge in [-0.3, -0.25) is 9.59 Å². The Hall–Kier alpha value is -3.30. The maximum atomic E-state index is 13.8. The molecule has 3 heterocycles. The molecule has 9 nitrogen and oxygen atoms in total. The van der Waals surface area contributed by atoms with Crippen molar-refractivity contribution in [2.75, 3.05) is 49.7 Å². The van der Waals surface area contributed by atoms with Crippen LogP contribution in [0.3, 0.4) is 0 Å². The van der Waals surface area contributed by atoms with Gasteiger partial charge >= 0.3 is 6.03 Å². The summed E-state index contributed by atoms with van der Waals surface area (Å²) in [5, 5.41) is 6.43. The molecule has 4 amide bonds. The molecule has 2 aromatic rings. The third-order valence-corrected chi connectivity index (χ3v) is 8.18. The van der Waals surface area contributed by atoms with Crippen LogP contribution in [0.4, 0.5) is 16.2 Å². The standard InChI is InChI=1S/C28H34ClN5O4/c1-20-9-10-21(16-24(20)29)31-27(37)32-13-11-28(12-14-32)26(36)33(19-34(28)22-6-3-2-4-7-22)18-25(35)30-17-23-8-5-15-38-23/h2-4,6-7,9-10,16,23H,5,8,11-15,17-19H2,1H3,(H,30,35)(H,31,37). The van der Waals surface area contributed by atoms with Crippen LogP contribution in [-0.2, 0) is 14.3 Å². The van der Waals surface area contributed by atoms with Gasteiger partial charge in [-0.2, -0.15) is 0 Å². The fourth-order valence-electron chi connectivity index (χ4n) is 5.54. The van der Waals surface area contributed by atoms with Crippen molar-refractivity contribution in [1.82, 2.24) is 15.1 Å². The summed E-state index contributed by atoms with van der Waals surface area (Å²) in [6.07, 6.45) is 2.93. The second-order valence-corrected chi connectivity index (χ2v) is 10.7. The van der Waals surface area contributed by atoms with Gasteiger partial charge in [0.2, 0.25) is 5.91 Å². The second kappa shape index (κ2) is 11.2. The summed E-state index contributed by atoms with van der Waals surface area (Å²) in [7, 11) is 0. The number of rotatable bonds is 6. The topological polar surface area (TPSA) is 94.2 Å². The molecule has 10 heteroatoms. The molecule has 0 aliphatic carbocycles. The maximum Gasteiger partial charge on any atom is 0.321 e. The average Bonchev–Trinajstić information content (AvgIpc) is 3.54. The molecule has 3 fully saturated rings. The largest absolute Gasteiger partial charge is 0.376 e. The maximum absolute atomic E-state index is 13.8. The van der Waals surface area contributed by atoms with E-state index >= 15 is 0 Å². The Morgan fingerprint density at radius 1 is 1.13 bits per heavy atom. The number of ether oxygens (including phenoxy) is 1. The molecule has 1 spiro atoms. The van der Waals surface area contributed by atoms with Crippen molar-refractivity contribution in [3.05, 3.63) is 59.1 Å². The molecule has 0 radical (unpaired) electrons. The fourth-order valence-corrected chi connectivity index (χ4v) is 5.72. The summed E-state index contributed by atoms with van der Waals surface area (Å²) >= 11 is 6.21. The van der Waals surface area contributed by atoms with Gasteiger partial charge in [0.25, 0.3) is 5.91 Å². The quantitative estimate of drug-likeness (QED) is 0.585. The Morgan fingerprint density at radius 2 is 1.89 bits per heavy atom. The number of hydrogen-bond donors (Lipinski definition) is 2. The van der Waals surface area contributed by atoms with E-state index in [1.54, 1.807) is 15.9 Å². The number of hydrogen-bond acceptors (Lipinski definition) is 5. The van der Waals surface area contributed by atoms with Crippen LogP contribution in [0, 0.1) is 6.92 Å². The van der Waals surface area contributed by atoms with Crippen molar-refractivity contribution >= 4 is 40.8 Å². The number of piperidine rings is 1. The van der Waals surface area contributed by atoms with Crippen LogP contribution in [0.1, 0.15) is 31.2 Å². The summed E-state index contributed by atoms with van der Waals surface area (Å²) in [6.45, 7) is 4.25. The van der Waals surface area contributed by atoms with E-state index in [0.29, 0.717) is 49.9 Å². The molecular formula is C28H34ClN5O4. The summed E-state index contributed by atoms with van der Waals surface area (Å²) in [6, 6.07) is 15.0. The minimum atomic E-state index is -0.805. The zero-order valence-electron chi connectivity index (χ0n) is 21.6. The molecule has 0 bridgehead atoms. The fraction of sp³-hybridized carbons (Fsp3) is 0.464. The third-order valence-electron chi connectivity index (χ3n) is 7.77. The van der Waals surface area contributed by atoms with E-state index in [2.05, 4.69) is 15.5 Å². The molecular weight excluding hydrogens is 506 g/mol. The molecule has 202 valence electrons. The lowest BCUT2D eigenvalue weighted by Crippen LogP contribution is -2.58. The highest BCUT2D eigenvalue weighted by molar-refractivity contribution is 6.31. The summed E-state index contributed by atoms with van der Waals surface area (Å²) in [5.74, 6) is -0.258. The molecule has 2 aromatic carbocycles. The van der Waals surface area contributed by atoms with Gasteiger partial charge in [-0.15, -0.1) is 0 Å². The van der Waals surface area contributed by atoms with E-state index in [-0.39, 0.29) is 30.5 Å². The first-order valence-corrected chi connectivity index (χ1v) is 13.6. The van der Waals surface area contributed by atoms with Gasteiger partial charge in [0.1, 0.15) is 12.1 Å². The lowest BCUT2D eigenvalue weighted by molar-refractivity contribution is -0.137. The van der Waals surface area contributed by atoms with E-state index in [9.17, 15) is 14.4 Å². The highest BCUT2D eigenvalue weighted by atomic mass is 35.5. The first-order chi connectivity index (χ1) is 18.4. The van der Waals surface area contributed by atoms with Crippen LogP contribution in [-0.4, -0.2) is 78.7 Å². The number of anilines is 2. The lowest BCUT2D eigenvalue weighted by atomic mass is 9.85. The minimum absolute atomic E-state index is 0.00494. The van der Waals surface area contributed by atoms with Crippen LogP contribution in [0.5, 0.6) is 0 Å². The van der Waals surface area contributed by atoms with Gasteiger partial charge in [0, 0.05) is 42.6 Å². The van der Waals surface area contributed by atoms with Gasteiger partial charge < -0.3 is 30.1 Å². The smallest absolute Gasteiger partial charge is 0.321 e. The first kappa shape index (κ1) is 26.3. The number of urea groups is 1. The van der Waals surface area contributed by atoms with Gasteiger partial charge in [-0.1, -0.05) is 35.9 Å². The van der Waals surface area contributed by atoms with Crippen molar-refractivity contribution in [2.45, 2.75) is 44.2 Å². The minimum Gasteiger partial charge on any atom is -0.376 e. The summed E-state index contributed by atoms with van der Waals surface area (Å²) in [5.41, 5.74) is 1.69. The number of para-hydroxylation sites is 1. The van der Waals surface area contributed by atoms with Crippen molar-refractivity contribution in [3.8, 4) is 0 Å². The highest BCUT2D eigenvalue weighted by Gasteiger charge is 2.54. The van der Waals surface area contributed by atoms with E-state index in [0.717, 1.165) is 30.7 Å². The van der Waals surface area contributed by atoms with E-state index in [1.165, 1.54) is 0 Å². The Morgan fingerprint density at radius 3 is 2.58 bits per heavy atom. The number of nitrogens with one attached hydrogen (secondary N) is 2. The third kappa shape index (κ3) is 5.44. The molecule has 1 atom stereocenters. The van der Waals surface area contributed by atoms with Crippen molar-refractivity contribution in [2.24, 2.45) is 0 Å². The zero-order valence-corrected chi connectivity index (χ0v) is 22.4. The first-order valence-electron chi connectivity index (χ1n) is 13.2. The number of carbonyl (C=O) groups is 3. The zero-order chi connectivity index (χ0) is 26.7. The molecule has 0 aromatic heterocycles. The number of likely N-dealkylation sites (tertiary alicyclic amines) is 1. The van der Waals surface area contributed by atoms with Gasteiger partial charge in [0.15, 0.2) is 0 Å². The molecule has 2 N–H and O–H groups in total. The number of carbonyl (C=O) groups excluding carboxylic acids is 3. The normalized spacial score (nSPS) is 20.7. The van der Waals surface area contributed by atoms with Gasteiger partial charge in [0.05, 0.1) is 12.8 Å². The predicted molar refractivity (Wildman–Crippen MR) is 146 cm³/mol. The Bertz CT molecular complexity index is 1180. The van der Waals surface area contributed by atoms with Crippen LogP contribution >= 0.6 is 11.6 Å². The Kier molecular flexibility index (Phi) is 7.76. The lowest BCUT2D eigenvalue weighted by Gasteiger charge is -2.43. The molecule has 3 aliphatic heterocycles. The number of nitrogens with zero attached hydrogens (tertiary/aromatic N) is 3. The number of aryl methyl sites for hydroxylation is 1. The van der Waals surface area contributed by atoms with Crippen LogP contribution in [0.15, 0.2) is 48.5 Å². The van der Waals surface area contributed by atoms with Crippen molar-refractivity contribution in [1.29, 1.82) is 0 Å². The molecule has 1 unspecified atom stereocenters.